The highest BCUT2D eigenvalue weighted by atomic mass is 16.7. The molecule has 1 aliphatic heterocycles. The molecule has 2 aromatic rings. The monoisotopic (exact) mass is 286 g/mol. The Kier molecular flexibility index (Phi) is 4.18. The second-order valence-electron chi connectivity index (χ2n) is 5.05. The smallest absolute Gasteiger partial charge is 0.337 e. The summed E-state index contributed by atoms with van der Waals surface area (Å²) in [6, 6.07) is 11.8. The summed E-state index contributed by atoms with van der Waals surface area (Å²) in [6.07, 6.45) is 1.57. The van der Waals surface area contributed by atoms with Crippen LogP contribution < -0.4 is 0 Å². The minimum Gasteiger partial charge on any atom is -0.465 e. The van der Waals surface area contributed by atoms with Crippen LogP contribution in [0.4, 0.5) is 0 Å². The Balaban J connectivity index is 1.87. The van der Waals surface area contributed by atoms with Crippen LogP contribution in [0.5, 0.6) is 0 Å². The summed E-state index contributed by atoms with van der Waals surface area (Å²) < 4.78 is 15.7. The van der Waals surface area contributed by atoms with Gasteiger partial charge in [0.05, 0.1) is 25.9 Å². The van der Waals surface area contributed by atoms with Crippen LogP contribution in [0.2, 0.25) is 0 Å². The van der Waals surface area contributed by atoms with Crippen molar-refractivity contribution in [3.05, 3.63) is 47.5 Å². The van der Waals surface area contributed by atoms with E-state index in [4.69, 9.17) is 14.2 Å². The number of rotatable bonds is 4. The number of carbonyl (C=O) groups is 1. The number of methoxy groups -OCH3 is 1. The number of hydrogen-bond donors (Lipinski definition) is 0. The summed E-state index contributed by atoms with van der Waals surface area (Å²) in [5.41, 5.74) is 1.77. The maximum atomic E-state index is 11.7. The largest absolute Gasteiger partial charge is 0.465 e. The van der Waals surface area contributed by atoms with Gasteiger partial charge in [-0.05, 0) is 34.9 Å². The Morgan fingerprint density at radius 3 is 2.81 bits per heavy atom. The fourth-order valence-electron chi connectivity index (χ4n) is 2.65. The van der Waals surface area contributed by atoms with E-state index in [0.717, 1.165) is 23.6 Å². The predicted molar refractivity (Wildman–Crippen MR) is 79.3 cm³/mol. The van der Waals surface area contributed by atoms with Crippen molar-refractivity contribution in [2.45, 2.75) is 19.1 Å². The number of benzene rings is 2. The van der Waals surface area contributed by atoms with E-state index in [1.54, 1.807) is 6.07 Å². The average Bonchev–Trinajstić information content (AvgIpc) is 3.05. The van der Waals surface area contributed by atoms with Crippen molar-refractivity contribution >= 4 is 16.7 Å². The SMILES string of the molecule is COC(=O)c1ccc2cccc(CCC3OCCO3)c2c1. The fourth-order valence-corrected chi connectivity index (χ4v) is 2.65. The molecule has 2 aromatic carbocycles. The van der Waals surface area contributed by atoms with E-state index in [1.165, 1.54) is 12.7 Å². The van der Waals surface area contributed by atoms with Gasteiger partial charge in [0, 0.05) is 6.42 Å². The molecule has 1 aliphatic rings. The van der Waals surface area contributed by atoms with Gasteiger partial charge in [-0.1, -0.05) is 24.3 Å². The minimum atomic E-state index is -0.311. The first-order valence-electron chi connectivity index (χ1n) is 7.11. The molecule has 1 fully saturated rings. The Bertz CT molecular complexity index is 644. The molecule has 1 heterocycles. The lowest BCUT2D eigenvalue weighted by Gasteiger charge is -2.11. The molecule has 21 heavy (non-hydrogen) atoms. The lowest BCUT2D eigenvalue weighted by atomic mass is 9.99. The lowest BCUT2D eigenvalue weighted by Crippen LogP contribution is -2.08. The summed E-state index contributed by atoms with van der Waals surface area (Å²) in [4.78, 5) is 11.7. The highest BCUT2D eigenvalue weighted by Crippen LogP contribution is 2.23. The minimum absolute atomic E-state index is 0.107. The van der Waals surface area contributed by atoms with Crippen molar-refractivity contribution in [1.29, 1.82) is 0 Å². The van der Waals surface area contributed by atoms with Crippen molar-refractivity contribution in [2.24, 2.45) is 0 Å². The van der Waals surface area contributed by atoms with E-state index >= 15 is 0 Å². The van der Waals surface area contributed by atoms with Gasteiger partial charge < -0.3 is 14.2 Å². The van der Waals surface area contributed by atoms with E-state index in [-0.39, 0.29) is 12.3 Å². The van der Waals surface area contributed by atoms with Gasteiger partial charge >= 0.3 is 5.97 Å². The molecule has 4 heteroatoms. The Hall–Kier alpha value is -1.91. The first-order chi connectivity index (χ1) is 10.3. The topological polar surface area (TPSA) is 44.8 Å². The first-order valence-corrected chi connectivity index (χ1v) is 7.11. The third-order valence-electron chi connectivity index (χ3n) is 3.73. The normalized spacial score (nSPS) is 15.5. The van der Waals surface area contributed by atoms with Crippen LogP contribution in [0.1, 0.15) is 22.3 Å². The van der Waals surface area contributed by atoms with Crippen LogP contribution in [0, 0.1) is 0 Å². The Morgan fingerprint density at radius 1 is 1.24 bits per heavy atom. The molecule has 0 spiro atoms. The van der Waals surface area contributed by atoms with Gasteiger partial charge in [-0.15, -0.1) is 0 Å². The first kappa shape index (κ1) is 14.0. The van der Waals surface area contributed by atoms with Gasteiger partial charge in [0.2, 0.25) is 0 Å². The maximum absolute atomic E-state index is 11.7. The zero-order valence-corrected chi connectivity index (χ0v) is 12.0. The van der Waals surface area contributed by atoms with Crippen molar-refractivity contribution in [3.8, 4) is 0 Å². The molecule has 0 radical (unpaired) electrons. The summed E-state index contributed by atoms with van der Waals surface area (Å²) >= 11 is 0. The molecular formula is C17H18O4. The molecule has 0 amide bonds. The van der Waals surface area contributed by atoms with E-state index in [9.17, 15) is 4.79 Å². The molecule has 3 rings (SSSR count). The van der Waals surface area contributed by atoms with E-state index < -0.39 is 0 Å². The molecule has 0 N–H and O–H groups in total. The van der Waals surface area contributed by atoms with Gasteiger partial charge in [0.15, 0.2) is 6.29 Å². The number of esters is 1. The fraction of sp³-hybridized carbons (Fsp3) is 0.353. The van der Waals surface area contributed by atoms with Gasteiger partial charge in [-0.25, -0.2) is 4.79 Å². The predicted octanol–water partition coefficient (Wildman–Crippen LogP) is 2.93. The molecule has 0 aliphatic carbocycles. The van der Waals surface area contributed by atoms with Gasteiger partial charge in [-0.3, -0.25) is 0 Å². The number of ether oxygens (including phenoxy) is 3. The summed E-state index contributed by atoms with van der Waals surface area (Å²) in [6.45, 7) is 1.35. The third kappa shape index (κ3) is 3.06. The van der Waals surface area contributed by atoms with Crippen LogP contribution in [0.25, 0.3) is 10.8 Å². The van der Waals surface area contributed by atoms with Crippen LogP contribution in [0.15, 0.2) is 36.4 Å². The van der Waals surface area contributed by atoms with Gasteiger partial charge in [0.25, 0.3) is 0 Å². The molecule has 0 saturated carbocycles. The van der Waals surface area contributed by atoms with Crippen molar-refractivity contribution in [2.75, 3.05) is 20.3 Å². The van der Waals surface area contributed by atoms with Crippen LogP contribution in [0.3, 0.4) is 0 Å². The molecule has 0 bridgehead atoms. The molecule has 0 unspecified atom stereocenters. The molecule has 0 atom stereocenters. The maximum Gasteiger partial charge on any atom is 0.337 e. The Labute approximate surface area is 123 Å². The van der Waals surface area contributed by atoms with Crippen molar-refractivity contribution < 1.29 is 19.0 Å². The van der Waals surface area contributed by atoms with Crippen molar-refractivity contribution in [1.82, 2.24) is 0 Å². The second kappa shape index (κ2) is 6.24. The number of fused-ring (bicyclic) bond motifs is 1. The van der Waals surface area contributed by atoms with Crippen LogP contribution >= 0.6 is 0 Å². The standard InChI is InChI=1S/C17H18O4/c1-19-17(18)14-6-5-12-3-2-4-13(15(12)11-14)7-8-16-20-9-10-21-16/h2-6,11,16H,7-10H2,1H3. The highest BCUT2D eigenvalue weighted by Gasteiger charge is 2.16. The van der Waals surface area contributed by atoms with E-state index in [1.807, 2.05) is 24.3 Å². The average molecular weight is 286 g/mol. The van der Waals surface area contributed by atoms with Gasteiger partial charge in [-0.2, -0.15) is 0 Å². The van der Waals surface area contributed by atoms with Crippen molar-refractivity contribution in [3.63, 3.8) is 0 Å². The molecule has 1 saturated heterocycles. The zero-order chi connectivity index (χ0) is 14.7. The third-order valence-corrected chi connectivity index (χ3v) is 3.73. The number of aryl methyl sites for hydroxylation is 1. The molecule has 4 nitrogen and oxygen atoms in total. The second-order valence-corrected chi connectivity index (χ2v) is 5.05. The zero-order valence-electron chi connectivity index (χ0n) is 12.0. The van der Waals surface area contributed by atoms with E-state index in [0.29, 0.717) is 18.8 Å². The molecular weight excluding hydrogens is 268 g/mol. The molecule has 0 aromatic heterocycles. The lowest BCUT2D eigenvalue weighted by molar-refractivity contribution is -0.0461. The number of carbonyl (C=O) groups excluding carboxylic acids is 1. The van der Waals surface area contributed by atoms with Gasteiger partial charge in [0.1, 0.15) is 0 Å². The Morgan fingerprint density at radius 2 is 2.05 bits per heavy atom. The molecule has 110 valence electrons. The highest BCUT2D eigenvalue weighted by molar-refractivity contribution is 5.96. The number of hydrogen-bond acceptors (Lipinski definition) is 4. The summed E-state index contributed by atoms with van der Waals surface area (Å²) in [5, 5.41) is 2.20. The van der Waals surface area contributed by atoms with Crippen LogP contribution in [-0.4, -0.2) is 32.6 Å². The summed E-state index contributed by atoms with van der Waals surface area (Å²) in [7, 11) is 1.40. The van der Waals surface area contributed by atoms with Crippen LogP contribution in [-0.2, 0) is 20.6 Å². The summed E-state index contributed by atoms with van der Waals surface area (Å²) in [5.74, 6) is -0.311. The quantitative estimate of drug-likeness (QED) is 0.811. The van der Waals surface area contributed by atoms with E-state index in [2.05, 4.69) is 6.07 Å².